The Bertz CT molecular complexity index is 565. The number of carbonyl (C=O) groups excluding carboxylic acids is 2. The zero-order valence-corrected chi connectivity index (χ0v) is 14.9. The number of anilines is 1. The van der Waals surface area contributed by atoms with E-state index in [4.69, 9.17) is 10.5 Å². The van der Waals surface area contributed by atoms with Crippen molar-refractivity contribution in [1.82, 2.24) is 0 Å². The van der Waals surface area contributed by atoms with Crippen LogP contribution in [-0.2, 0) is 14.3 Å². The number of esters is 1. The third-order valence-corrected chi connectivity index (χ3v) is 4.82. The lowest BCUT2D eigenvalue weighted by atomic mass is 9.71. The SMILES string of the molecule is COC(=O)CCOc1ccc(NC(=O)CC2(CN)CCCCC2)cc1. The number of nitrogens with two attached hydrogens (primary N) is 1. The minimum Gasteiger partial charge on any atom is -0.493 e. The molecule has 3 N–H and O–H groups in total. The molecule has 0 unspecified atom stereocenters. The number of ether oxygens (including phenoxy) is 2. The molecule has 2 rings (SSSR count). The van der Waals surface area contributed by atoms with Crippen molar-refractivity contribution >= 4 is 17.6 Å². The number of hydrogen-bond donors (Lipinski definition) is 2. The number of hydrogen-bond acceptors (Lipinski definition) is 5. The molecule has 0 radical (unpaired) electrons. The Labute approximate surface area is 149 Å². The largest absolute Gasteiger partial charge is 0.493 e. The first-order valence-electron chi connectivity index (χ1n) is 8.86. The van der Waals surface area contributed by atoms with Crippen molar-refractivity contribution in [2.24, 2.45) is 11.1 Å². The van der Waals surface area contributed by atoms with Crippen molar-refractivity contribution < 1.29 is 19.1 Å². The molecule has 1 aliphatic carbocycles. The highest BCUT2D eigenvalue weighted by Gasteiger charge is 2.32. The van der Waals surface area contributed by atoms with E-state index in [2.05, 4.69) is 10.1 Å². The second-order valence-electron chi connectivity index (χ2n) is 6.69. The van der Waals surface area contributed by atoms with Gasteiger partial charge in [-0.25, -0.2) is 0 Å². The van der Waals surface area contributed by atoms with Crippen LogP contribution >= 0.6 is 0 Å². The van der Waals surface area contributed by atoms with Gasteiger partial charge in [-0.05, 0) is 49.1 Å². The van der Waals surface area contributed by atoms with Gasteiger partial charge in [-0.2, -0.15) is 0 Å². The average Bonchev–Trinajstić information content (AvgIpc) is 2.63. The first-order chi connectivity index (χ1) is 12.1. The number of methoxy groups -OCH3 is 1. The molecule has 0 atom stereocenters. The van der Waals surface area contributed by atoms with Crippen LogP contribution in [-0.4, -0.2) is 32.1 Å². The van der Waals surface area contributed by atoms with Crippen molar-refractivity contribution in [2.75, 3.05) is 25.6 Å². The minimum absolute atomic E-state index is 0.00621. The third kappa shape index (κ3) is 6.05. The zero-order valence-electron chi connectivity index (χ0n) is 14.9. The van der Waals surface area contributed by atoms with Crippen molar-refractivity contribution in [3.63, 3.8) is 0 Å². The molecule has 1 saturated carbocycles. The van der Waals surface area contributed by atoms with Crippen LogP contribution in [0.15, 0.2) is 24.3 Å². The predicted octanol–water partition coefficient (Wildman–Crippen LogP) is 2.87. The zero-order chi connectivity index (χ0) is 18.1. The Morgan fingerprint density at radius 2 is 1.84 bits per heavy atom. The van der Waals surface area contributed by atoms with E-state index in [1.807, 2.05) is 0 Å². The van der Waals surface area contributed by atoms with E-state index >= 15 is 0 Å². The lowest BCUT2D eigenvalue weighted by Gasteiger charge is -2.35. The predicted molar refractivity (Wildman–Crippen MR) is 96.4 cm³/mol. The smallest absolute Gasteiger partial charge is 0.308 e. The normalized spacial score (nSPS) is 16.1. The van der Waals surface area contributed by atoms with Crippen LogP contribution in [0.2, 0.25) is 0 Å². The molecule has 0 spiro atoms. The van der Waals surface area contributed by atoms with Crippen LogP contribution in [0, 0.1) is 5.41 Å². The molecule has 0 saturated heterocycles. The van der Waals surface area contributed by atoms with E-state index in [9.17, 15) is 9.59 Å². The fourth-order valence-corrected chi connectivity index (χ4v) is 3.29. The molecule has 1 aromatic rings. The fraction of sp³-hybridized carbons (Fsp3) is 0.579. The molecule has 1 fully saturated rings. The molecule has 1 amide bonds. The van der Waals surface area contributed by atoms with Gasteiger partial charge in [0.15, 0.2) is 0 Å². The van der Waals surface area contributed by atoms with Crippen molar-refractivity contribution in [3.05, 3.63) is 24.3 Å². The first-order valence-corrected chi connectivity index (χ1v) is 8.86. The molecular formula is C19H28N2O4. The highest BCUT2D eigenvalue weighted by Crippen LogP contribution is 2.38. The van der Waals surface area contributed by atoms with Crippen LogP contribution < -0.4 is 15.8 Å². The molecule has 138 valence electrons. The number of rotatable bonds is 8. The first kappa shape index (κ1) is 19.2. The van der Waals surface area contributed by atoms with Crippen molar-refractivity contribution in [3.8, 4) is 5.75 Å². The Balaban J connectivity index is 1.81. The van der Waals surface area contributed by atoms with Gasteiger partial charge in [0.2, 0.25) is 5.91 Å². The van der Waals surface area contributed by atoms with E-state index in [1.54, 1.807) is 24.3 Å². The lowest BCUT2D eigenvalue weighted by Crippen LogP contribution is -2.36. The Kier molecular flexibility index (Phi) is 7.25. The molecule has 1 aromatic carbocycles. The molecule has 0 heterocycles. The molecule has 0 aliphatic heterocycles. The van der Waals surface area contributed by atoms with E-state index in [-0.39, 0.29) is 30.3 Å². The van der Waals surface area contributed by atoms with Crippen LogP contribution in [0.4, 0.5) is 5.69 Å². The highest BCUT2D eigenvalue weighted by molar-refractivity contribution is 5.91. The van der Waals surface area contributed by atoms with Gasteiger partial charge in [-0.3, -0.25) is 9.59 Å². The van der Waals surface area contributed by atoms with Crippen LogP contribution in [0.25, 0.3) is 0 Å². The summed E-state index contributed by atoms with van der Waals surface area (Å²) in [6, 6.07) is 7.13. The summed E-state index contributed by atoms with van der Waals surface area (Å²) in [7, 11) is 1.35. The Morgan fingerprint density at radius 1 is 1.16 bits per heavy atom. The Morgan fingerprint density at radius 3 is 2.44 bits per heavy atom. The van der Waals surface area contributed by atoms with E-state index in [1.165, 1.54) is 13.5 Å². The van der Waals surface area contributed by atoms with Gasteiger partial charge >= 0.3 is 5.97 Å². The number of benzene rings is 1. The minimum atomic E-state index is -0.305. The van der Waals surface area contributed by atoms with Crippen molar-refractivity contribution in [1.29, 1.82) is 0 Å². The highest BCUT2D eigenvalue weighted by atomic mass is 16.5. The quantitative estimate of drug-likeness (QED) is 0.705. The maximum absolute atomic E-state index is 12.4. The second kappa shape index (κ2) is 9.42. The number of carbonyl (C=O) groups is 2. The molecule has 6 heteroatoms. The lowest BCUT2D eigenvalue weighted by molar-refractivity contribution is -0.141. The van der Waals surface area contributed by atoms with Gasteiger partial charge in [0.25, 0.3) is 0 Å². The second-order valence-corrected chi connectivity index (χ2v) is 6.69. The summed E-state index contributed by atoms with van der Waals surface area (Å²) >= 11 is 0. The van der Waals surface area contributed by atoms with Gasteiger partial charge in [0, 0.05) is 12.1 Å². The maximum Gasteiger partial charge on any atom is 0.308 e. The third-order valence-electron chi connectivity index (χ3n) is 4.82. The van der Waals surface area contributed by atoms with Gasteiger partial charge < -0.3 is 20.5 Å². The summed E-state index contributed by atoms with van der Waals surface area (Å²) in [6.45, 7) is 0.824. The topological polar surface area (TPSA) is 90.6 Å². The van der Waals surface area contributed by atoms with E-state index in [0.29, 0.717) is 18.7 Å². The summed E-state index contributed by atoms with van der Waals surface area (Å²) < 4.78 is 10.0. The van der Waals surface area contributed by atoms with Crippen LogP contribution in [0.5, 0.6) is 5.75 Å². The molecule has 25 heavy (non-hydrogen) atoms. The molecular weight excluding hydrogens is 320 g/mol. The van der Waals surface area contributed by atoms with E-state index in [0.717, 1.165) is 31.4 Å². The van der Waals surface area contributed by atoms with Gasteiger partial charge in [0.1, 0.15) is 5.75 Å². The standard InChI is InChI=1S/C19H28N2O4/c1-24-18(23)9-12-25-16-7-5-15(6-8-16)21-17(22)13-19(14-20)10-3-2-4-11-19/h5-8H,2-4,9-14,20H2,1H3,(H,21,22). The molecule has 6 nitrogen and oxygen atoms in total. The van der Waals surface area contributed by atoms with E-state index < -0.39 is 0 Å². The molecule has 0 aromatic heterocycles. The van der Waals surface area contributed by atoms with Crippen LogP contribution in [0.1, 0.15) is 44.9 Å². The van der Waals surface area contributed by atoms with Crippen LogP contribution in [0.3, 0.4) is 0 Å². The van der Waals surface area contributed by atoms with Gasteiger partial charge in [-0.1, -0.05) is 19.3 Å². The Hall–Kier alpha value is -2.08. The maximum atomic E-state index is 12.4. The van der Waals surface area contributed by atoms with Gasteiger partial charge in [-0.15, -0.1) is 0 Å². The fourth-order valence-electron chi connectivity index (χ4n) is 3.29. The summed E-state index contributed by atoms with van der Waals surface area (Å²) in [5.74, 6) is 0.347. The monoisotopic (exact) mass is 348 g/mol. The molecule has 0 bridgehead atoms. The summed E-state index contributed by atoms with van der Waals surface area (Å²) in [5, 5.41) is 2.93. The summed E-state index contributed by atoms with van der Waals surface area (Å²) in [5.41, 5.74) is 6.64. The number of amides is 1. The number of nitrogens with one attached hydrogen (secondary N) is 1. The summed E-state index contributed by atoms with van der Waals surface area (Å²) in [4.78, 5) is 23.4. The van der Waals surface area contributed by atoms with Crippen molar-refractivity contribution in [2.45, 2.75) is 44.9 Å². The molecule has 1 aliphatic rings. The summed E-state index contributed by atoms with van der Waals surface area (Å²) in [6.07, 6.45) is 6.29. The van der Waals surface area contributed by atoms with Gasteiger partial charge in [0.05, 0.1) is 20.1 Å². The average molecular weight is 348 g/mol.